The first kappa shape index (κ1) is 16.7. The number of nitrogens with one attached hydrogen (secondary N) is 1. The average molecular weight is 365 g/mol. The molecule has 0 radical (unpaired) electrons. The fraction of sp³-hybridized carbons (Fsp3) is 0.500. The van der Waals surface area contributed by atoms with Crippen LogP contribution in [-0.4, -0.2) is 53.4 Å². The molecule has 3 aliphatic rings. The van der Waals surface area contributed by atoms with Crippen LogP contribution in [0.1, 0.15) is 36.1 Å². The minimum Gasteiger partial charge on any atom is -0.497 e. The number of fused-ring (bicyclic) bond motifs is 4. The van der Waals surface area contributed by atoms with Gasteiger partial charge in [-0.05, 0) is 36.6 Å². The summed E-state index contributed by atoms with van der Waals surface area (Å²) in [4.78, 5) is 18.4. The molecule has 1 saturated carbocycles. The number of ether oxygens (including phenoxy) is 2. The van der Waals surface area contributed by atoms with Crippen LogP contribution in [0.5, 0.6) is 5.75 Å². The highest BCUT2D eigenvalue weighted by Gasteiger charge is 2.70. The first-order valence-electron chi connectivity index (χ1n) is 8.43. The predicted molar refractivity (Wildman–Crippen MR) is 94.3 cm³/mol. The Bertz CT molecular complexity index is 851. The van der Waals surface area contributed by atoms with E-state index < -0.39 is 6.04 Å². The fourth-order valence-corrected chi connectivity index (χ4v) is 4.73. The number of aliphatic hydroxyl groups excluding tert-OH is 1. The van der Waals surface area contributed by atoms with E-state index in [1.165, 1.54) is 5.56 Å². The Labute approximate surface area is 151 Å². The van der Waals surface area contributed by atoms with Crippen molar-refractivity contribution >= 4 is 29.3 Å². The summed E-state index contributed by atoms with van der Waals surface area (Å²) in [6.07, 6.45) is 2.24. The number of carbonyl (C=O) groups is 1. The molecule has 1 aliphatic carbocycles. The highest BCUT2D eigenvalue weighted by Crippen LogP contribution is 2.69. The molecule has 1 saturated heterocycles. The van der Waals surface area contributed by atoms with Crippen molar-refractivity contribution in [3.05, 3.63) is 29.5 Å². The van der Waals surface area contributed by atoms with Crippen LogP contribution >= 0.6 is 12.4 Å². The Morgan fingerprint density at radius 1 is 1.48 bits per heavy atom. The zero-order valence-electron chi connectivity index (χ0n) is 13.9. The summed E-state index contributed by atoms with van der Waals surface area (Å²) < 4.78 is 10.6. The van der Waals surface area contributed by atoms with Gasteiger partial charge in [-0.3, -0.25) is 4.90 Å². The van der Waals surface area contributed by atoms with Crippen LogP contribution in [0, 0.1) is 0 Å². The van der Waals surface area contributed by atoms with Gasteiger partial charge in [0.25, 0.3) is 0 Å². The highest BCUT2D eigenvalue weighted by atomic mass is 35.5. The molecule has 1 spiro atoms. The SMILES string of the molecule is COc1ccc2[nH]c3c(c2c1)C1CC12CCN2C3C(=O)OCCO.Cl. The maximum Gasteiger partial charge on any atom is 0.329 e. The van der Waals surface area contributed by atoms with Crippen LogP contribution in [0.25, 0.3) is 10.9 Å². The second kappa shape index (κ2) is 5.62. The molecule has 2 aromatic rings. The molecule has 1 aromatic carbocycles. The minimum atomic E-state index is -0.391. The van der Waals surface area contributed by atoms with Crippen molar-refractivity contribution in [2.45, 2.75) is 30.3 Å². The number of benzene rings is 1. The van der Waals surface area contributed by atoms with Gasteiger partial charge in [0.15, 0.2) is 0 Å². The van der Waals surface area contributed by atoms with E-state index in [2.05, 4.69) is 16.0 Å². The van der Waals surface area contributed by atoms with Crippen molar-refractivity contribution in [2.24, 2.45) is 0 Å². The molecule has 3 unspecified atom stereocenters. The lowest BCUT2D eigenvalue weighted by Gasteiger charge is -2.49. The van der Waals surface area contributed by atoms with Crippen LogP contribution in [0.15, 0.2) is 18.2 Å². The quantitative estimate of drug-likeness (QED) is 0.813. The number of aliphatic hydroxyl groups is 1. The van der Waals surface area contributed by atoms with Gasteiger partial charge in [-0.2, -0.15) is 0 Å². The van der Waals surface area contributed by atoms with Gasteiger partial charge in [-0.25, -0.2) is 4.79 Å². The summed E-state index contributed by atoms with van der Waals surface area (Å²) in [5.74, 6) is 1.05. The third kappa shape index (κ3) is 2.08. The summed E-state index contributed by atoms with van der Waals surface area (Å²) in [5.41, 5.74) is 3.39. The molecule has 0 amide bonds. The lowest BCUT2D eigenvalue weighted by molar-refractivity contribution is -0.157. The van der Waals surface area contributed by atoms with Gasteiger partial charge in [-0.1, -0.05) is 0 Å². The van der Waals surface area contributed by atoms with Gasteiger partial charge in [-0.15, -0.1) is 12.4 Å². The summed E-state index contributed by atoms with van der Waals surface area (Å²) in [6.45, 7) is 0.819. The Morgan fingerprint density at radius 2 is 2.32 bits per heavy atom. The van der Waals surface area contributed by atoms with E-state index in [1.54, 1.807) is 7.11 Å². The second-order valence-corrected chi connectivity index (χ2v) is 6.96. The molecule has 3 heterocycles. The molecular weight excluding hydrogens is 344 g/mol. The van der Waals surface area contributed by atoms with Crippen LogP contribution in [0.2, 0.25) is 0 Å². The molecule has 25 heavy (non-hydrogen) atoms. The minimum absolute atomic E-state index is 0. The lowest BCUT2D eigenvalue weighted by atomic mass is 9.84. The monoisotopic (exact) mass is 364 g/mol. The van der Waals surface area contributed by atoms with Crippen LogP contribution in [-0.2, 0) is 9.53 Å². The largest absolute Gasteiger partial charge is 0.497 e. The molecule has 134 valence electrons. The van der Waals surface area contributed by atoms with E-state index >= 15 is 0 Å². The number of methoxy groups -OCH3 is 1. The second-order valence-electron chi connectivity index (χ2n) is 6.96. The Kier molecular flexibility index (Phi) is 3.76. The van der Waals surface area contributed by atoms with E-state index in [4.69, 9.17) is 14.6 Å². The fourth-order valence-electron chi connectivity index (χ4n) is 4.73. The van der Waals surface area contributed by atoms with E-state index in [-0.39, 0.29) is 37.1 Å². The van der Waals surface area contributed by atoms with Crippen molar-refractivity contribution < 1.29 is 19.4 Å². The standard InChI is InChI=1S/C18H20N2O4.ClH/c1-23-10-2-3-13-11(8-10)14-12-9-18(12)4-5-20(18)16(15(14)19-13)17(22)24-7-6-21;/h2-3,8,12,16,19,21H,4-7,9H2,1H3;1H. The van der Waals surface area contributed by atoms with Gasteiger partial charge in [0.05, 0.1) is 13.7 Å². The summed E-state index contributed by atoms with van der Waals surface area (Å²) in [6, 6.07) is 5.61. The molecule has 5 rings (SSSR count). The maximum atomic E-state index is 12.7. The Balaban J connectivity index is 0.00000157. The van der Waals surface area contributed by atoms with Gasteiger partial charge in [0.1, 0.15) is 18.4 Å². The summed E-state index contributed by atoms with van der Waals surface area (Å²) in [7, 11) is 1.67. The topological polar surface area (TPSA) is 74.8 Å². The highest BCUT2D eigenvalue weighted by molar-refractivity contribution is 5.91. The molecule has 2 aliphatic heterocycles. The van der Waals surface area contributed by atoms with E-state index in [0.717, 1.165) is 41.7 Å². The van der Waals surface area contributed by atoms with E-state index in [9.17, 15) is 4.79 Å². The van der Waals surface area contributed by atoms with Gasteiger partial charge >= 0.3 is 5.97 Å². The Hall–Kier alpha value is -1.76. The number of hydrogen-bond donors (Lipinski definition) is 2. The molecule has 3 atom stereocenters. The van der Waals surface area contributed by atoms with Crippen molar-refractivity contribution in [1.82, 2.24) is 9.88 Å². The molecule has 2 fully saturated rings. The molecule has 6 nitrogen and oxygen atoms in total. The average Bonchev–Trinajstić information content (AvgIpc) is 3.25. The van der Waals surface area contributed by atoms with E-state index in [0.29, 0.717) is 5.92 Å². The number of H-pyrrole nitrogens is 1. The van der Waals surface area contributed by atoms with Crippen molar-refractivity contribution in [1.29, 1.82) is 0 Å². The smallest absolute Gasteiger partial charge is 0.329 e. The normalized spacial score (nSPS) is 28.9. The number of halogens is 1. The molecular formula is C18H21ClN2O4. The van der Waals surface area contributed by atoms with E-state index in [1.807, 2.05) is 12.1 Å². The summed E-state index contributed by atoms with van der Waals surface area (Å²) in [5, 5.41) is 10.1. The Morgan fingerprint density at radius 3 is 3.00 bits per heavy atom. The maximum absolute atomic E-state index is 12.7. The van der Waals surface area contributed by atoms with Gasteiger partial charge in [0.2, 0.25) is 0 Å². The van der Waals surface area contributed by atoms with Crippen LogP contribution in [0.4, 0.5) is 0 Å². The first-order valence-corrected chi connectivity index (χ1v) is 8.43. The number of rotatable bonds is 4. The third-order valence-electron chi connectivity index (χ3n) is 5.97. The van der Waals surface area contributed by atoms with Crippen molar-refractivity contribution in [3.63, 3.8) is 0 Å². The third-order valence-corrected chi connectivity index (χ3v) is 5.97. The number of aromatic nitrogens is 1. The summed E-state index contributed by atoms with van der Waals surface area (Å²) >= 11 is 0. The number of aromatic amines is 1. The predicted octanol–water partition coefficient (Wildman–Crippen LogP) is 2.12. The zero-order valence-corrected chi connectivity index (χ0v) is 14.8. The number of carbonyl (C=O) groups excluding carboxylic acids is 1. The first-order chi connectivity index (χ1) is 11.7. The van der Waals surface area contributed by atoms with Gasteiger partial charge in [0, 0.05) is 34.6 Å². The van der Waals surface area contributed by atoms with Gasteiger partial charge < -0.3 is 19.6 Å². The van der Waals surface area contributed by atoms with Crippen LogP contribution in [0.3, 0.4) is 0 Å². The van der Waals surface area contributed by atoms with Crippen molar-refractivity contribution in [3.8, 4) is 5.75 Å². The van der Waals surface area contributed by atoms with Crippen LogP contribution < -0.4 is 4.74 Å². The molecule has 7 heteroatoms. The molecule has 1 aromatic heterocycles. The zero-order chi connectivity index (χ0) is 16.5. The number of hydrogen-bond acceptors (Lipinski definition) is 5. The number of esters is 1. The molecule has 0 bridgehead atoms. The lowest BCUT2D eigenvalue weighted by Crippen LogP contribution is -2.57. The molecule has 2 N–H and O–H groups in total. The number of nitrogens with zero attached hydrogens (tertiary/aromatic N) is 1. The van der Waals surface area contributed by atoms with Crippen molar-refractivity contribution in [2.75, 3.05) is 26.9 Å².